The van der Waals surface area contributed by atoms with E-state index in [1.165, 1.54) is 6.08 Å². The Kier molecular flexibility index (Phi) is 5.87. The van der Waals surface area contributed by atoms with Gasteiger partial charge in [0.25, 0.3) is 0 Å². The van der Waals surface area contributed by atoms with Crippen LogP contribution in [0.4, 0.5) is 0 Å². The fourth-order valence-electron chi connectivity index (χ4n) is 1.84. The molecule has 0 aliphatic rings. The first-order chi connectivity index (χ1) is 10.6. The van der Waals surface area contributed by atoms with Crippen LogP contribution in [0.25, 0.3) is 6.08 Å². The molecular weight excluding hydrogens is 323 g/mol. The number of ether oxygens (including phenoxy) is 2. The Hall–Kier alpha value is -1.97. The van der Waals surface area contributed by atoms with Crippen molar-refractivity contribution in [2.24, 2.45) is 0 Å². The van der Waals surface area contributed by atoms with E-state index in [4.69, 9.17) is 32.7 Å². The molecule has 0 radical (unpaired) electrons. The van der Waals surface area contributed by atoms with E-state index in [0.29, 0.717) is 23.1 Å². The van der Waals surface area contributed by atoms with E-state index in [1.54, 1.807) is 31.4 Å². The lowest BCUT2D eigenvalue weighted by molar-refractivity contribution is -0.107. The summed E-state index contributed by atoms with van der Waals surface area (Å²) in [7, 11) is 1.55. The average Bonchev–Trinajstić information content (AvgIpc) is 2.52. The minimum atomic E-state index is -0.530. The number of methoxy groups -OCH3 is 1. The van der Waals surface area contributed by atoms with Crippen molar-refractivity contribution in [3.63, 3.8) is 0 Å². The van der Waals surface area contributed by atoms with Crippen molar-refractivity contribution in [2.45, 2.75) is 6.61 Å². The summed E-state index contributed by atoms with van der Waals surface area (Å²) in [5, 5.41) is 0.125. The molecule has 2 aromatic rings. The second-order valence-corrected chi connectivity index (χ2v) is 5.21. The van der Waals surface area contributed by atoms with Crippen LogP contribution in [-0.4, -0.2) is 12.4 Å². The standard InChI is InChI=1S/C17H14Cl2O3/c1-21-16-10-12(7-9-17(19)20)6-8-15(16)22-11-13-4-2-3-5-14(13)18/h2-10H,11H2,1H3/b9-7+. The van der Waals surface area contributed by atoms with Crippen LogP contribution in [0.5, 0.6) is 11.5 Å². The number of hydrogen-bond donors (Lipinski definition) is 0. The van der Waals surface area contributed by atoms with Crippen molar-refractivity contribution in [3.05, 3.63) is 64.7 Å². The monoisotopic (exact) mass is 336 g/mol. The van der Waals surface area contributed by atoms with Gasteiger partial charge in [0.1, 0.15) is 6.61 Å². The molecule has 0 heterocycles. The van der Waals surface area contributed by atoms with E-state index in [-0.39, 0.29) is 0 Å². The van der Waals surface area contributed by atoms with E-state index in [2.05, 4.69) is 0 Å². The van der Waals surface area contributed by atoms with E-state index in [0.717, 1.165) is 11.1 Å². The summed E-state index contributed by atoms with van der Waals surface area (Å²) in [5.41, 5.74) is 1.68. The van der Waals surface area contributed by atoms with Crippen molar-refractivity contribution in [1.29, 1.82) is 0 Å². The van der Waals surface area contributed by atoms with Gasteiger partial charge in [-0.25, -0.2) is 0 Å². The SMILES string of the molecule is COc1cc(/C=C/C(=O)Cl)ccc1OCc1ccccc1Cl. The van der Waals surface area contributed by atoms with Crippen molar-refractivity contribution in [2.75, 3.05) is 7.11 Å². The zero-order chi connectivity index (χ0) is 15.9. The number of benzene rings is 2. The van der Waals surface area contributed by atoms with E-state index in [9.17, 15) is 4.79 Å². The maximum Gasteiger partial charge on any atom is 0.245 e. The summed E-state index contributed by atoms with van der Waals surface area (Å²) in [5.74, 6) is 1.16. The first-order valence-corrected chi connectivity index (χ1v) is 7.27. The fraction of sp³-hybridized carbons (Fsp3) is 0.118. The Morgan fingerprint density at radius 3 is 2.64 bits per heavy atom. The van der Waals surface area contributed by atoms with Gasteiger partial charge in [0, 0.05) is 10.6 Å². The fourth-order valence-corrected chi connectivity index (χ4v) is 2.09. The number of halogens is 2. The first-order valence-electron chi connectivity index (χ1n) is 6.52. The summed E-state index contributed by atoms with van der Waals surface area (Å²) in [6, 6.07) is 12.8. The van der Waals surface area contributed by atoms with Gasteiger partial charge in [0.05, 0.1) is 7.11 Å². The van der Waals surface area contributed by atoms with Crippen molar-refractivity contribution in [3.8, 4) is 11.5 Å². The van der Waals surface area contributed by atoms with Crippen LogP contribution in [0.2, 0.25) is 5.02 Å². The van der Waals surface area contributed by atoms with Crippen LogP contribution in [-0.2, 0) is 11.4 Å². The molecule has 114 valence electrons. The highest BCUT2D eigenvalue weighted by Crippen LogP contribution is 2.30. The quantitative estimate of drug-likeness (QED) is 0.566. The maximum absolute atomic E-state index is 10.7. The molecule has 0 unspecified atom stereocenters. The molecule has 0 fully saturated rings. The smallest absolute Gasteiger partial charge is 0.245 e. The zero-order valence-corrected chi connectivity index (χ0v) is 13.4. The minimum absolute atomic E-state index is 0.339. The molecule has 5 heteroatoms. The number of rotatable bonds is 6. The van der Waals surface area contributed by atoms with Crippen molar-refractivity contribution < 1.29 is 14.3 Å². The van der Waals surface area contributed by atoms with Gasteiger partial charge in [-0.05, 0) is 41.4 Å². The third-order valence-corrected chi connectivity index (χ3v) is 3.43. The third-order valence-electron chi connectivity index (χ3n) is 2.94. The lowest BCUT2D eigenvalue weighted by atomic mass is 10.2. The summed E-state index contributed by atoms with van der Waals surface area (Å²) < 4.78 is 11.1. The molecule has 0 N–H and O–H groups in total. The average molecular weight is 337 g/mol. The summed E-state index contributed by atoms with van der Waals surface area (Å²) >= 11 is 11.4. The van der Waals surface area contributed by atoms with E-state index >= 15 is 0 Å². The zero-order valence-electron chi connectivity index (χ0n) is 11.9. The van der Waals surface area contributed by atoms with E-state index in [1.807, 2.05) is 24.3 Å². The van der Waals surface area contributed by atoms with Crippen molar-refractivity contribution >= 4 is 34.5 Å². The second kappa shape index (κ2) is 7.87. The van der Waals surface area contributed by atoms with Gasteiger partial charge in [0.15, 0.2) is 11.5 Å². The van der Waals surface area contributed by atoms with E-state index < -0.39 is 5.24 Å². The second-order valence-electron chi connectivity index (χ2n) is 4.43. The largest absolute Gasteiger partial charge is 0.493 e. The van der Waals surface area contributed by atoms with Gasteiger partial charge in [-0.3, -0.25) is 4.79 Å². The Bertz CT molecular complexity index is 696. The molecular formula is C17H14Cl2O3. The molecule has 0 aromatic heterocycles. The van der Waals surface area contributed by atoms with Gasteiger partial charge in [0.2, 0.25) is 5.24 Å². The minimum Gasteiger partial charge on any atom is -0.493 e. The molecule has 0 aliphatic carbocycles. The van der Waals surface area contributed by atoms with Crippen LogP contribution < -0.4 is 9.47 Å². The molecule has 0 saturated heterocycles. The molecule has 2 aromatic carbocycles. The lowest BCUT2D eigenvalue weighted by Crippen LogP contribution is -1.98. The maximum atomic E-state index is 10.7. The molecule has 0 amide bonds. The Morgan fingerprint density at radius 1 is 1.18 bits per heavy atom. The number of allylic oxidation sites excluding steroid dienone is 1. The molecule has 0 spiro atoms. The number of hydrogen-bond acceptors (Lipinski definition) is 3. The van der Waals surface area contributed by atoms with Gasteiger partial charge >= 0.3 is 0 Å². The highest BCUT2D eigenvalue weighted by molar-refractivity contribution is 6.66. The normalized spacial score (nSPS) is 10.7. The molecule has 22 heavy (non-hydrogen) atoms. The lowest BCUT2D eigenvalue weighted by Gasteiger charge is -2.12. The summed E-state index contributed by atoms with van der Waals surface area (Å²) in [4.78, 5) is 10.7. The summed E-state index contributed by atoms with van der Waals surface area (Å²) in [6.07, 6.45) is 2.89. The van der Waals surface area contributed by atoms with Crippen LogP contribution in [0.15, 0.2) is 48.5 Å². The molecule has 2 rings (SSSR count). The summed E-state index contributed by atoms with van der Waals surface area (Å²) in [6.45, 7) is 0.339. The van der Waals surface area contributed by atoms with Gasteiger partial charge in [-0.15, -0.1) is 0 Å². The highest BCUT2D eigenvalue weighted by Gasteiger charge is 2.07. The van der Waals surface area contributed by atoms with Crippen LogP contribution in [0.3, 0.4) is 0 Å². The van der Waals surface area contributed by atoms with Crippen LogP contribution in [0, 0.1) is 0 Å². The predicted molar refractivity (Wildman–Crippen MR) is 88.7 cm³/mol. The van der Waals surface area contributed by atoms with Crippen LogP contribution in [0.1, 0.15) is 11.1 Å². The predicted octanol–water partition coefficient (Wildman–Crippen LogP) is 4.71. The van der Waals surface area contributed by atoms with Crippen LogP contribution >= 0.6 is 23.2 Å². The highest BCUT2D eigenvalue weighted by atomic mass is 35.5. The molecule has 0 aliphatic heterocycles. The molecule has 3 nitrogen and oxygen atoms in total. The van der Waals surface area contributed by atoms with Gasteiger partial charge in [-0.2, -0.15) is 0 Å². The topological polar surface area (TPSA) is 35.5 Å². The molecule has 0 bridgehead atoms. The van der Waals surface area contributed by atoms with Gasteiger partial charge < -0.3 is 9.47 Å². The number of carbonyl (C=O) groups excluding carboxylic acids is 1. The third kappa shape index (κ3) is 4.52. The Labute approximate surface area is 139 Å². The molecule has 0 saturated carbocycles. The first kappa shape index (κ1) is 16.4. The Balaban J connectivity index is 2.14. The Morgan fingerprint density at radius 2 is 1.95 bits per heavy atom. The molecule has 0 atom stereocenters. The number of carbonyl (C=O) groups is 1. The van der Waals surface area contributed by atoms with Gasteiger partial charge in [-0.1, -0.05) is 41.9 Å². The van der Waals surface area contributed by atoms with Crippen molar-refractivity contribution in [1.82, 2.24) is 0 Å².